The van der Waals surface area contributed by atoms with Gasteiger partial charge in [0.05, 0.1) is 23.4 Å². The van der Waals surface area contributed by atoms with E-state index in [1.165, 1.54) is 12.3 Å². The summed E-state index contributed by atoms with van der Waals surface area (Å²) in [5, 5.41) is 32.4. The molecule has 0 saturated heterocycles. The minimum Gasteiger partial charge on any atom is -0.545 e. The van der Waals surface area contributed by atoms with Crippen molar-refractivity contribution in [3.05, 3.63) is 41.1 Å². The van der Waals surface area contributed by atoms with Crippen LogP contribution in [0.15, 0.2) is 24.4 Å². The average molecular weight is 294 g/mol. The minimum absolute atomic E-state index is 0. The Labute approximate surface area is 140 Å². The van der Waals surface area contributed by atoms with Gasteiger partial charge in [-0.05, 0) is 18.2 Å². The summed E-state index contributed by atoms with van der Waals surface area (Å²) < 4.78 is 1.08. The summed E-state index contributed by atoms with van der Waals surface area (Å²) in [5.74, 6) is -2.85. The molecule has 2 rings (SSSR count). The van der Waals surface area contributed by atoms with E-state index >= 15 is 0 Å². The van der Waals surface area contributed by atoms with Gasteiger partial charge in [0.15, 0.2) is 0 Å². The number of nitrogen functional groups attached to an aromatic ring is 1. The van der Waals surface area contributed by atoms with E-state index in [-0.39, 0.29) is 57.8 Å². The van der Waals surface area contributed by atoms with E-state index in [2.05, 4.69) is 5.10 Å². The monoisotopic (exact) mass is 294 g/mol. The summed E-state index contributed by atoms with van der Waals surface area (Å²) in [4.78, 5) is 21.9. The Kier molecular flexibility index (Phi) is 5.10. The van der Waals surface area contributed by atoms with Crippen LogP contribution in [-0.2, 0) is 0 Å². The van der Waals surface area contributed by atoms with Crippen LogP contribution in [0.3, 0.4) is 0 Å². The predicted molar refractivity (Wildman–Crippen MR) is 64.0 cm³/mol. The number of benzene rings is 1. The number of aromatic carboxylic acids is 2. The molecule has 1 aromatic heterocycles. The molecular formula is C12H7N4NaO4. The van der Waals surface area contributed by atoms with Gasteiger partial charge in [-0.15, -0.1) is 0 Å². The summed E-state index contributed by atoms with van der Waals surface area (Å²) in [6, 6.07) is 5.12. The van der Waals surface area contributed by atoms with E-state index in [1.807, 2.05) is 0 Å². The fraction of sp³-hybridized carbons (Fsp3) is 0. The van der Waals surface area contributed by atoms with Crippen LogP contribution in [0.4, 0.5) is 5.82 Å². The summed E-state index contributed by atoms with van der Waals surface area (Å²) >= 11 is 0. The quantitative estimate of drug-likeness (QED) is 0.556. The first-order valence-electron chi connectivity index (χ1n) is 5.27. The molecule has 0 radical (unpaired) electrons. The standard InChI is InChI=1S/C12H8N4O4.Na/c13-4-8-5-15-16(10(8)14)9-2-6(11(17)18)1-7(3-9)12(19)20;/h1-3,5H,14H2,(H,17,18)(H,19,20);/q;+1/p-1. The third-order valence-corrected chi connectivity index (χ3v) is 2.57. The second-order valence-corrected chi connectivity index (χ2v) is 3.83. The molecule has 0 unspecified atom stereocenters. The molecule has 0 fully saturated rings. The van der Waals surface area contributed by atoms with Crippen molar-refractivity contribution in [1.29, 1.82) is 5.26 Å². The maximum atomic E-state index is 11.0. The third-order valence-electron chi connectivity index (χ3n) is 2.57. The van der Waals surface area contributed by atoms with Gasteiger partial charge in [-0.1, -0.05) is 0 Å². The van der Waals surface area contributed by atoms with E-state index < -0.39 is 11.9 Å². The van der Waals surface area contributed by atoms with Crippen molar-refractivity contribution in [3.63, 3.8) is 0 Å². The van der Waals surface area contributed by atoms with Crippen molar-refractivity contribution in [2.75, 3.05) is 5.73 Å². The van der Waals surface area contributed by atoms with Gasteiger partial charge in [-0.25, -0.2) is 9.48 Å². The molecule has 0 bridgehead atoms. The molecule has 8 nitrogen and oxygen atoms in total. The van der Waals surface area contributed by atoms with Crippen molar-refractivity contribution in [2.24, 2.45) is 0 Å². The summed E-state index contributed by atoms with van der Waals surface area (Å²) in [7, 11) is 0. The van der Waals surface area contributed by atoms with Crippen LogP contribution in [-0.4, -0.2) is 26.8 Å². The van der Waals surface area contributed by atoms with Crippen LogP contribution in [0.5, 0.6) is 0 Å². The number of nitriles is 1. The number of carboxylic acid groups (broad SMARTS) is 2. The predicted octanol–water partition coefficient (Wildman–Crippen LogP) is -3.61. The Morgan fingerprint density at radius 2 is 1.95 bits per heavy atom. The Morgan fingerprint density at radius 1 is 1.33 bits per heavy atom. The molecule has 0 amide bonds. The van der Waals surface area contributed by atoms with Gasteiger partial charge in [-0.2, -0.15) is 10.4 Å². The first-order valence-corrected chi connectivity index (χ1v) is 5.27. The van der Waals surface area contributed by atoms with Crippen LogP contribution in [0, 0.1) is 11.3 Å². The van der Waals surface area contributed by atoms with Gasteiger partial charge in [0.25, 0.3) is 0 Å². The molecule has 1 aromatic carbocycles. The van der Waals surface area contributed by atoms with Gasteiger partial charge in [0, 0.05) is 5.56 Å². The smallest absolute Gasteiger partial charge is 0.545 e. The van der Waals surface area contributed by atoms with E-state index in [1.54, 1.807) is 6.07 Å². The maximum Gasteiger partial charge on any atom is 1.00 e. The average Bonchev–Trinajstić information content (AvgIpc) is 2.79. The molecule has 3 N–H and O–H groups in total. The number of carbonyl (C=O) groups excluding carboxylic acids is 1. The molecule has 2 aromatic rings. The number of hydrogen-bond donors (Lipinski definition) is 2. The maximum absolute atomic E-state index is 11.0. The molecule has 9 heteroatoms. The van der Waals surface area contributed by atoms with Crippen LogP contribution in [0.1, 0.15) is 26.3 Å². The number of nitrogens with two attached hydrogens (primary N) is 1. The third kappa shape index (κ3) is 3.22. The van der Waals surface area contributed by atoms with E-state index in [0.717, 1.165) is 16.8 Å². The number of carbonyl (C=O) groups is 2. The van der Waals surface area contributed by atoms with Crippen LogP contribution < -0.4 is 40.4 Å². The Hall–Kier alpha value is -2.34. The topological polar surface area (TPSA) is 145 Å². The fourth-order valence-corrected chi connectivity index (χ4v) is 1.62. The number of hydrogen-bond acceptors (Lipinski definition) is 6. The first-order chi connectivity index (χ1) is 9.43. The van der Waals surface area contributed by atoms with Crippen LogP contribution >= 0.6 is 0 Å². The SMILES string of the molecule is N#Cc1cnn(-c2cc(C(=O)[O-])cc(C(=O)O)c2)c1N.[Na+]. The Morgan fingerprint density at radius 3 is 2.43 bits per heavy atom. The molecule has 100 valence electrons. The molecule has 0 spiro atoms. The summed E-state index contributed by atoms with van der Waals surface area (Å²) in [6.45, 7) is 0. The molecule has 1 heterocycles. The summed E-state index contributed by atoms with van der Waals surface area (Å²) in [6.07, 6.45) is 1.20. The minimum atomic E-state index is -1.53. The molecule has 0 atom stereocenters. The molecule has 0 saturated carbocycles. The van der Waals surface area contributed by atoms with E-state index in [4.69, 9.17) is 16.1 Å². The molecule has 21 heavy (non-hydrogen) atoms. The Bertz CT molecular complexity index is 731. The zero-order chi connectivity index (χ0) is 14.9. The number of aromatic nitrogens is 2. The number of rotatable bonds is 3. The molecule has 0 aliphatic carbocycles. The van der Waals surface area contributed by atoms with Crippen molar-refractivity contribution in [1.82, 2.24) is 9.78 Å². The van der Waals surface area contributed by atoms with Gasteiger partial charge >= 0.3 is 35.5 Å². The Balaban J connectivity index is 0.00000220. The van der Waals surface area contributed by atoms with Gasteiger partial charge < -0.3 is 20.7 Å². The number of nitrogens with zero attached hydrogens (tertiary/aromatic N) is 3. The van der Waals surface area contributed by atoms with Crippen molar-refractivity contribution >= 4 is 17.8 Å². The number of carboxylic acids is 2. The van der Waals surface area contributed by atoms with Crippen molar-refractivity contribution in [3.8, 4) is 11.8 Å². The van der Waals surface area contributed by atoms with Gasteiger partial charge in [0.2, 0.25) is 0 Å². The molecular weight excluding hydrogens is 287 g/mol. The summed E-state index contributed by atoms with van der Waals surface area (Å²) in [5.41, 5.74) is 5.30. The van der Waals surface area contributed by atoms with Crippen LogP contribution in [0.25, 0.3) is 5.69 Å². The van der Waals surface area contributed by atoms with Gasteiger partial charge in [0.1, 0.15) is 17.5 Å². The first kappa shape index (κ1) is 16.7. The zero-order valence-electron chi connectivity index (χ0n) is 10.9. The molecule has 0 aliphatic rings. The van der Waals surface area contributed by atoms with Gasteiger partial charge in [-0.3, -0.25) is 0 Å². The van der Waals surface area contributed by atoms with Crippen molar-refractivity contribution < 1.29 is 49.4 Å². The fourth-order valence-electron chi connectivity index (χ4n) is 1.62. The van der Waals surface area contributed by atoms with E-state index in [9.17, 15) is 14.7 Å². The normalized spacial score (nSPS) is 9.48. The molecule has 0 aliphatic heterocycles. The van der Waals surface area contributed by atoms with E-state index in [0.29, 0.717) is 0 Å². The van der Waals surface area contributed by atoms with Crippen LogP contribution in [0.2, 0.25) is 0 Å². The zero-order valence-corrected chi connectivity index (χ0v) is 12.9. The van der Waals surface area contributed by atoms with Crippen molar-refractivity contribution in [2.45, 2.75) is 0 Å². The second-order valence-electron chi connectivity index (χ2n) is 3.83. The second kappa shape index (κ2) is 6.41. The largest absolute Gasteiger partial charge is 1.00 e. The number of anilines is 1.